The Hall–Kier alpha value is -2.34. The highest BCUT2D eigenvalue weighted by Gasteiger charge is 2.15. The van der Waals surface area contributed by atoms with Crippen molar-refractivity contribution in [1.82, 2.24) is 9.55 Å². The van der Waals surface area contributed by atoms with Crippen LogP contribution in [0, 0.1) is 6.92 Å². The Morgan fingerprint density at radius 2 is 2.05 bits per heavy atom. The minimum Gasteiger partial charge on any atom is -0.486 e. The summed E-state index contributed by atoms with van der Waals surface area (Å²) in [6, 6.07) is 6.79. The molecule has 21 heavy (non-hydrogen) atoms. The van der Waals surface area contributed by atoms with Crippen molar-refractivity contribution >= 4 is 0 Å². The molecule has 110 valence electrons. The molecule has 0 saturated carbocycles. The lowest BCUT2D eigenvalue weighted by Gasteiger charge is -2.20. The minimum absolute atomic E-state index is 0.101. The van der Waals surface area contributed by atoms with Gasteiger partial charge < -0.3 is 15.2 Å². The Balaban J connectivity index is 1.82. The number of rotatable bonds is 3. The third-order valence-electron chi connectivity index (χ3n) is 3.40. The Bertz CT molecular complexity index is 712. The van der Waals surface area contributed by atoms with Crippen LogP contribution in [0.1, 0.15) is 17.3 Å². The van der Waals surface area contributed by atoms with Gasteiger partial charge in [-0.15, -0.1) is 0 Å². The summed E-state index contributed by atoms with van der Waals surface area (Å²) in [6.45, 7) is 3.24. The van der Waals surface area contributed by atoms with Crippen LogP contribution < -0.4 is 20.8 Å². The van der Waals surface area contributed by atoms with Crippen molar-refractivity contribution < 1.29 is 9.47 Å². The molecule has 1 aromatic heterocycles. The summed E-state index contributed by atoms with van der Waals surface area (Å²) < 4.78 is 12.5. The molecule has 1 atom stereocenters. The average molecular weight is 287 g/mol. The van der Waals surface area contributed by atoms with Gasteiger partial charge in [0.05, 0.1) is 6.33 Å². The van der Waals surface area contributed by atoms with Gasteiger partial charge in [-0.3, -0.25) is 9.36 Å². The fourth-order valence-corrected chi connectivity index (χ4v) is 2.26. The third-order valence-corrected chi connectivity index (χ3v) is 3.40. The number of hydrogen-bond donors (Lipinski definition) is 1. The summed E-state index contributed by atoms with van der Waals surface area (Å²) in [7, 11) is 0. The van der Waals surface area contributed by atoms with E-state index in [1.54, 1.807) is 6.92 Å². The number of benzene rings is 1. The lowest BCUT2D eigenvalue weighted by atomic mass is 10.1. The second-order valence-corrected chi connectivity index (χ2v) is 5.03. The zero-order valence-electron chi connectivity index (χ0n) is 11.8. The summed E-state index contributed by atoms with van der Waals surface area (Å²) in [5.41, 5.74) is 7.68. The van der Waals surface area contributed by atoms with Crippen molar-refractivity contribution in [3.05, 3.63) is 52.2 Å². The number of ether oxygens (including phenoxy) is 2. The Labute approximate surface area is 122 Å². The molecule has 1 aliphatic heterocycles. The molecule has 0 aliphatic carbocycles. The topological polar surface area (TPSA) is 79.4 Å². The first-order valence-corrected chi connectivity index (χ1v) is 6.82. The van der Waals surface area contributed by atoms with E-state index in [1.807, 2.05) is 18.2 Å². The average Bonchev–Trinajstić information content (AvgIpc) is 2.49. The van der Waals surface area contributed by atoms with Crippen LogP contribution in [0.15, 0.2) is 35.4 Å². The van der Waals surface area contributed by atoms with Gasteiger partial charge in [-0.05, 0) is 24.6 Å². The molecule has 6 heteroatoms. The predicted molar refractivity (Wildman–Crippen MR) is 77.6 cm³/mol. The first-order chi connectivity index (χ1) is 10.1. The molecule has 1 unspecified atom stereocenters. The van der Waals surface area contributed by atoms with Crippen molar-refractivity contribution in [2.75, 3.05) is 13.2 Å². The quantitative estimate of drug-likeness (QED) is 0.912. The lowest BCUT2D eigenvalue weighted by Crippen LogP contribution is -2.27. The van der Waals surface area contributed by atoms with E-state index in [0.29, 0.717) is 31.2 Å². The molecular weight excluding hydrogens is 270 g/mol. The molecule has 0 bridgehead atoms. The molecule has 0 spiro atoms. The van der Waals surface area contributed by atoms with E-state index in [0.717, 1.165) is 11.3 Å². The molecule has 6 nitrogen and oxygen atoms in total. The fraction of sp³-hybridized carbons (Fsp3) is 0.333. The largest absolute Gasteiger partial charge is 0.486 e. The van der Waals surface area contributed by atoms with Crippen LogP contribution in [-0.4, -0.2) is 22.8 Å². The fourth-order valence-electron chi connectivity index (χ4n) is 2.26. The SMILES string of the molecule is Cc1cc(=O)n(CC(N)c2ccc3c(c2)OCCO3)cn1. The Kier molecular flexibility index (Phi) is 3.62. The van der Waals surface area contributed by atoms with E-state index in [9.17, 15) is 4.79 Å². The van der Waals surface area contributed by atoms with Crippen LogP contribution in [0.25, 0.3) is 0 Å². The van der Waals surface area contributed by atoms with Crippen molar-refractivity contribution in [3.63, 3.8) is 0 Å². The summed E-state index contributed by atoms with van der Waals surface area (Å²) in [5.74, 6) is 1.43. The van der Waals surface area contributed by atoms with Crippen LogP contribution in [0.3, 0.4) is 0 Å². The molecule has 1 aliphatic rings. The van der Waals surface area contributed by atoms with E-state index in [2.05, 4.69) is 4.98 Å². The normalized spacial score (nSPS) is 14.8. The summed E-state index contributed by atoms with van der Waals surface area (Å²) >= 11 is 0. The van der Waals surface area contributed by atoms with Crippen LogP contribution in [0.4, 0.5) is 0 Å². The predicted octanol–water partition coefficient (Wildman–Crippen LogP) is 1.02. The van der Waals surface area contributed by atoms with E-state index in [-0.39, 0.29) is 11.6 Å². The monoisotopic (exact) mass is 287 g/mol. The van der Waals surface area contributed by atoms with Gasteiger partial charge in [-0.25, -0.2) is 4.98 Å². The van der Waals surface area contributed by atoms with Crippen LogP contribution in [-0.2, 0) is 6.54 Å². The van der Waals surface area contributed by atoms with Gasteiger partial charge in [-0.1, -0.05) is 6.07 Å². The molecule has 1 aromatic carbocycles. The van der Waals surface area contributed by atoms with Crippen LogP contribution in [0.2, 0.25) is 0 Å². The van der Waals surface area contributed by atoms with Gasteiger partial charge in [0.25, 0.3) is 5.56 Å². The summed E-state index contributed by atoms with van der Waals surface area (Å²) in [5, 5.41) is 0. The number of hydrogen-bond acceptors (Lipinski definition) is 5. The van der Waals surface area contributed by atoms with Crippen molar-refractivity contribution in [1.29, 1.82) is 0 Å². The van der Waals surface area contributed by atoms with Gasteiger partial charge in [-0.2, -0.15) is 0 Å². The van der Waals surface area contributed by atoms with E-state index >= 15 is 0 Å². The van der Waals surface area contributed by atoms with Gasteiger partial charge in [0.2, 0.25) is 0 Å². The summed E-state index contributed by atoms with van der Waals surface area (Å²) in [6.07, 6.45) is 1.52. The third kappa shape index (κ3) is 2.90. The van der Waals surface area contributed by atoms with E-state index in [4.69, 9.17) is 15.2 Å². The number of fused-ring (bicyclic) bond motifs is 1. The zero-order chi connectivity index (χ0) is 14.8. The molecule has 2 heterocycles. The summed E-state index contributed by atoms with van der Waals surface area (Å²) in [4.78, 5) is 16.0. The highest BCUT2D eigenvalue weighted by atomic mass is 16.6. The van der Waals surface area contributed by atoms with Crippen LogP contribution in [0.5, 0.6) is 11.5 Å². The number of aromatic nitrogens is 2. The number of nitrogens with zero attached hydrogens (tertiary/aromatic N) is 2. The van der Waals surface area contributed by atoms with Crippen molar-refractivity contribution in [3.8, 4) is 11.5 Å². The standard InChI is InChI=1S/C15H17N3O3/c1-10-6-15(19)18(9-17-10)8-12(16)11-2-3-13-14(7-11)21-5-4-20-13/h2-3,6-7,9,12H,4-5,8,16H2,1H3. The molecule has 2 N–H and O–H groups in total. The van der Waals surface area contributed by atoms with Crippen molar-refractivity contribution in [2.45, 2.75) is 19.5 Å². The molecule has 0 fully saturated rings. The highest BCUT2D eigenvalue weighted by molar-refractivity contribution is 5.44. The maximum absolute atomic E-state index is 11.9. The van der Waals surface area contributed by atoms with Crippen molar-refractivity contribution in [2.24, 2.45) is 5.73 Å². The Morgan fingerprint density at radius 1 is 1.29 bits per heavy atom. The van der Waals surface area contributed by atoms with Gasteiger partial charge in [0.1, 0.15) is 13.2 Å². The van der Waals surface area contributed by atoms with E-state index in [1.165, 1.54) is 17.0 Å². The molecule has 2 aromatic rings. The molecular formula is C15H17N3O3. The molecule has 3 rings (SSSR count). The second kappa shape index (κ2) is 5.57. The smallest absolute Gasteiger partial charge is 0.253 e. The maximum atomic E-state index is 11.9. The van der Waals surface area contributed by atoms with Gasteiger partial charge in [0, 0.05) is 24.3 Å². The van der Waals surface area contributed by atoms with Gasteiger partial charge >= 0.3 is 0 Å². The molecule has 0 saturated heterocycles. The molecule has 0 amide bonds. The first-order valence-electron chi connectivity index (χ1n) is 6.82. The molecule has 0 radical (unpaired) electrons. The van der Waals surface area contributed by atoms with Gasteiger partial charge in [0.15, 0.2) is 11.5 Å². The minimum atomic E-state index is -0.317. The maximum Gasteiger partial charge on any atom is 0.253 e. The zero-order valence-corrected chi connectivity index (χ0v) is 11.8. The lowest BCUT2D eigenvalue weighted by molar-refractivity contribution is 0.171. The number of nitrogens with two attached hydrogens (primary N) is 1. The van der Waals surface area contributed by atoms with Crippen LogP contribution >= 0.6 is 0 Å². The Morgan fingerprint density at radius 3 is 2.81 bits per heavy atom. The number of aryl methyl sites for hydroxylation is 1. The second-order valence-electron chi connectivity index (χ2n) is 5.03. The highest BCUT2D eigenvalue weighted by Crippen LogP contribution is 2.32. The first kappa shape index (κ1) is 13.6. The van der Waals surface area contributed by atoms with E-state index < -0.39 is 0 Å².